The first kappa shape index (κ1) is 16.0. The van der Waals surface area contributed by atoms with Gasteiger partial charge in [0, 0.05) is 26.7 Å². The summed E-state index contributed by atoms with van der Waals surface area (Å²) in [6.07, 6.45) is 3.08. The molecule has 0 spiro atoms. The Labute approximate surface area is 127 Å². The minimum absolute atomic E-state index is 0.142. The molecule has 0 aromatic heterocycles. The number of hydrogen-bond acceptors (Lipinski definition) is 3. The van der Waals surface area contributed by atoms with Crippen molar-refractivity contribution in [2.75, 3.05) is 33.4 Å². The third-order valence-corrected chi connectivity index (χ3v) is 4.31. The van der Waals surface area contributed by atoms with Gasteiger partial charge in [-0.3, -0.25) is 4.79 Å². The van der Waals surface area contributed by atoms with Gasteiger partial charge < -0.3 is 15.4 Å². The van der Waals surface area contributed by atoms with Crippen LogP contribution in [0.1, 0.15) is 30.9 Å². The number of methoxy groups -OCH3 is 1. The summed E-state index contributed by atoms with van der Waals surface area (Å²) in [5.74, 6) is 0.142. The molecule has 0 saturated heterocycles. The van der Waals surface area contributed by atoms with Gasteiger partial charge in [0.1, 0.15) is 0 Å². The van der Waals surface area contributed by atoms with Crippen molar-refractivity contribution in [1.82, 2.24) is 10.6 Å². The highest BCUT2D eigenvalue weighted by atomic mass is 16.5. The molecule has 1 atom stereocenters. The Morgan fingerprint density at radius 3 is 2.90 bits per heavy atom. The van der Waals surface area contributed by atoms with E-state index in [0.29, 0.717) is 13.2 Å². The number of hydrogen-bond donors (Lipinski definition) is 2. The molecule has 4 nitrogen and oxygen atoms in total. The molecule has 2 N–H and O–H groups in total. The number of benzene rings is 1. The molecule has 1 aromatic rings. The summed E-state index contributed by atoms with van der Waals surface area (Å²) < 4.78 is 4.97. The van der Waals surface area contributed by atoms with Crippen LogP contribution in [0.3, 0.4) is 0 Å². The van der Waals surface area contributed by atoms with E-state index in [1.54, 1.807) is 7.11 Å². The van der Waals surface area contributed by atoms with Crippen molar-refractivity contribution in [3.05, 3.63) is 35.4 Å². The third-order valence-electron chi connectivity index (χ3n) is 4.31. The van der Waals surface area contributed by atoms with E-state index in [2.05, 4.69) is 35.8 Å². The standard InChI is InChI=1S/C17H26N2O2/c1-17(16(20)19-11-10-18-12-13-21-2)9-5-7-14-6-3-4-8-15(14)17/h3-4,6,8,18H,5,7,9-13H2,1-2H3,(H,19,20). The molecule has 0 saturated carbocycles. The maximum absolute atomic E-state index is 12.6. The number of carbonyl (C=O) groups excluding carboxylic acids is 1. The van der Waals surface area contributed by atoms with Gasteiger partial charge in [-0.05, 0) is 37.3 Å². The predicted octanol–water partition coefficient (Wildman–Crippen LogP) is 1.63. The Morgan fingerprint density at radius 1 is 1.29 bits per heavy atom. The van der Waals surface area contributed by atoms with Crippen LogP contribution in [0.5, 0.6) is 0 Å². The zero-order valence-electron chi connectivity index (χ0n) is 13.1. The number of carbonyl (C=O) groups is 1. The lowest BCUT2D eigenvalue weighted by atomic mass is 9.70. The van der Waals surface area contributed by atoms with Gasteiger partial charge in [0.05, 0.1) is 12.0 Å². The maximum Gasteiger partial charge on any atom is 0.230 e. The number of rotatable bonds is 7. The first-order valence-electron chi connectivity index (χ1n) is 7.75. The first-order valence-corrected chi connectivity index (χ1v) is 7.75. The van der Waals surface area contributed by atoms with Crippen molar-refractivity contribution in [2.24, 2.45) is 0 Å². The Kier molecular flexibility index (Phi) is 5.76. The SMILES string of the molecule is COCCNCCNC(=O)C1(C)CCCc2ccccc21. The molecule has 2 rings (SSSR count). The van der Waals surface area contributed by atoms with E-state index < -0.39 is 0 Å². The van der Waals surface area contributed by atoms with Gasteiger partial charge in [0.25, 0.3) is 0 Å². The average molecular weight is 290 g/mol. The molecule has 0 aliphatic heterocycles. The summed E-state index contributed by atoms with van der Waals surface area (Å²) >= 11 is 0. The molecular weight excluding hydrogens is 264 g/mol. The monoisotopic (exact) mass is 290 g/mol. The molecule has 0 heterocycles. The smallest absolute Gasteiger partial charge is 0.230 e. The molecule has 1 aliphatic carbocycles. The summed E-state index contributed by atoms with van der Waals surface area (Å²) in [7, 11) is 1.69. The van der Waals surface area contributed by atoms with E-state index in [4.69, 9.17) is 4.74 Å². The van der Waals surface area contributed by atoms with Crippen LogP contribution in [0.15, 0.2) is 24.3 Å². The average Bonchev–Trinajstić information content (AvgIpc) is 2.51. The Hall–Kier alpha value is -1.39. The lowest BCUT2D eigenvalue weighted by Crippen LogP contribution is -2.46. The van der Waals surface area contributed by atoms with Crippen LogP contribution in [-0.4, -0.2) is 39.3 Å². The number of fused-ring (bicyclic) bond motifs is 1. The van der Waals surface area contributed by atoms with E-state index in [0.717, 1.165) is 32.4 Å². The summed E-state index contributed by atoms with van der Waals surface area (Å²) in [5.41, 5.74) is 2.13. The minimum atomic E-state index is -0.388. The molecule has 4 heteroatoms. The van der Waals surface area contributed by atoms with Gasteiger partial charge in [-0.1, -0.05) is 24.3 Å². The summed E-state index contributed by atoms with van der Waals surface area (Å²) in [6, 6.07) is 8.33. The summed E-state index contributed by atoms with van der Waals surface area (Å²) in [4.78, 5) is 12.6. The second kappa shape index (κ2) is 7.57. The minimum Gasteiger partial charge on any atom is -0.383 e. The molecule has 0 fully saturated rings. The van der Waals surface area contributed by atoms with Gasteiger partial charge in [-0.15, -0.1) is 0 Å². The maximum atomic E-state index is 12.6. The molecule has 1 unspecified atom stereocenters. The number of nitrogens with one attached hydrogen (secondary N) is 2. The Bertz CT molecular complexity index is 476. The van der Waals surface area contributed by atoms with Gasteiger partial charge in [-0.2, -0.15) is 0 Å². The van der Waals surface area contributed by atoms with Crippen molar-refractivity contribution in [1.29, 1.82) is 0 Å². The third kappa shape index (κ3) is 3.83. The Morgan fingerprint density at radius 2 is 2.10 bits per heavy atom. The summed E-state index contributed by atoms with van der Waals surface area (Å²) in [6.45, 7) is 5.00. The highest BCUT2D eigenvalue weighted by Gasteiger charge is 2.38. The second-order valence-electron chi connectivity index (χ2n) is 5.84. The van der Waals surface area contributed by atoms with E-state index in [9.17, 15) is 4.79 Å². The molecule has 0 radical (unpaired) electrons. The molecule has 1 aromatic carbocycles. The van der Waals surface area contributed by atoms with Crippen LogP contribution >= 0.6 is 0 Å². The van der Waals surface area contributed by atoms with Crippen LogP contribution in [0.25, 0.3) is 0 Å². The number of ether oxygens (including phenoxy) is 1. The topological polar surface area (TPSA) is 50.4 Å². The fraction of sp³-hybridized carbons (Fsp3) is 0.588. The van der Waals surface area contributed by atoms with E-state index in [-0.39, 0.29) is 11.3 Å². The van der Waals surface area contributed by atoms with E-state index >= 15 is 0 Å². The molecule has 116 valence electrons. The van der Waals surface area contributed by atoms with E-state index in [1.165, 1.54) is 11.1 Å². The highest BCUT2D eigenvalue weighted by Crippen LogP contribution is 2.37. The Balaban J connectivity index is 1.90. The van der Waals surface area contributed by atoms with Gasteiger partial charge in [-0.25, -0.2) is 0 Å². The first-order chi connectivity index (χ1) is 10.2. The largest absolute Gasteiger partial charge is 0.383 e. The quantitative estimate of drug-likeness (QED) is 0.751. The lowest BCUT2D eigenvalue weighted by Gasteiger charge is -2.34. The van der Waals surface area contributed by atoms with Gasteiger partial charge in [0.15, 0.2) is 0 Å². The van der Waals surface area contributed by atoms with Crippen molar-refractivity contribution in [3.63, 3.8) is 0 Å². The zero-order valence-corrected chi connectivity index (χ0v) is 13.1. The fourth-order valence-electron chi connectivity index (χ4n) is 3.04. The number of aryl methyl sites for hydroxylation is 1. The van der Waals surface area contributed by atoms with Gasteiger partial charge >= 0.3 is 0 Å². The van der Waals surface area contributed by atoms with Crippen molar-refractivity contribution >= 4 is 5.91 Å². The van der Waals surface area contributed by atoms with Crippen LogP contribution in [0, 0.1) is 0 Å². The molecule has 1 aliphatic rings. The molecular formula is C17H26N2O2. The van der Waals surface area contributed by atoms with Crippen molar-refractivity contribution < 1.29 is 9.53 Å². The highest BCUT2D eigenvalue weighted by molar-refractivity contribution is 5.88. The molecule has 21 heavy (non-hydrogen) atoms. The lowest BCUT2D eigenvalue weighted by molar-refractivity contribution is -0.126. The summed E-state index contributed by atoms with van der Waals surface area (Å²) in [5, 5.41) is 6.30. The van der Waals surface area contributed by atoms with Crippen LogP contribution in [-0.2, 0) is 21.4 Å². The second-order valence-corrected chi connectivity index (χ2v) is 5.84. The predicted molar refractivity (Wildman–Crippen MR) is 84.5 cm³/mol. The normalized spacial score (nSPS) is 20.9. The van der Waals surface area contributed by atoms with E-state index in [1.807, 2.05) is 6.07 Å². The van der Waals surface area contributed by atoms with Crippen LogP contribution in [0.4, 0.5) is 0 Å². The fourth-order valence-corrected chi connectivity index (χ4v) is 3.04. The van der Waals surface area contributed by atoms with Crippen LogP contribution < -0.4 is 10.6 Å². The zero-order chi connectivity index (χ0) is 15.1. The van der Waals surface area contributed by atoms with Crippen LogP contribution in [0.2, 0.25) is 0 Å². The van der Waals surface area contributed by atoms with Crippen molar-refractivity contribution in [3.8, 4) is 0 Å². The molecule has 1 amide bonds. The number of amides is 1. The van der Waals surface area contributed by atoms with Gasteiger partial charge in [0.2, 0.25) is 5.91 Å². The molecule has 0 bridgehead atoms. The van der Waals surface area contributed by atoms with Crippen molar-refractivity contribution in [2.45, 2.75) is 31.6 Å².